The molecule has 0 atom stereocenters. The highest BCUT2D eigenvalue weighted by atomic mass is 32.1. The van der Waals surface area contributed by atoms with E-state index in [1.54, 1.807) is 19.9 Å². The molecule has 0 radical (unpaired) electrons. The van der Waals surface area contributed by atoms with E-state index in [0.29, 0.717) is 5.69 Å². The van der Waals surface area contributed by atoms with Crippen molar-refractivity contribution < 1.29 is 14.3 Å². The number of aromatic nitrogens is 1. The van der Waals surface area contributed by atoms with Gasteiger partial charge in [0.05, 0.1) is 7.11 Å². The van der Waals surface area contributed by atoms with E-state index in [0.717, 1.165) is 4.88 Å². The number of carbonyl (C=O) groups excluding carboxylic acids is 2. The number of nitrogens with zero attached hydrogens (tertiary/aromatic N) is 1. The first-order chi connectivity index (χ1) is 7.36. The number of ether oxygens (including phenoxy) is 1. The third kappa shape index (κ3) is 2.79. The SMILES string of the molecule is COC(=O)C(C)(C)NC(=O)c1cc(C)sn1. The van der Waals surface area contributed by atoms with Crippen LogP contribution in [0.2, 0.25) is 0 Å². The molecule has 1 aromatic heterocycles. The van der Waals surface area contributed by atoms with Crippen molar-refractivity contribution in [2.45, 2.75) is 26.3 Å². The second-order valence-corrected chi connectivity index (χ2v) is 4.90. The number of aryl methyl sites for hydroxylation is 1. The number of nitrogens with one attached hydrogen (secondary N) is 1. The molecule has 1 aromatic rings. The van der Waals surface area contributed by atoms with E-state index in [2.05, 4.69) is 14.4 Å². The van der Waals surface area contributed by atoms with Gasteiger partial charge >= 0.3 is 5.97 Å². The fourth-order valence-electron chi connectivity index (χ4n) is 1.13. The fraction of sp³-hybridized carbons (Fsp3) is 0.500. The topological polar surface area (TPSA) is 68.3 Å². The number of hydrogen-bond acceptors (Lipinski definition) is 5. The minimum Gasteiger partial charge on any atom is -0.467 e. The largest absolute Gasteiger partial charge is 0.467 e. The lowest BCUT2D eigenvalue weighted by molar-refractivity contribution is -0.146. The lowest BCUT2D eigenvalue weighted by Crippen LogP contribution is -2.50. The van der Waals surface area contributed by atoms with Crippen LogP contribution in [0, 0.1) is 6.92 Å². The minimum absolute atomic E-state index is 0.319. The van der Waals surface area contributed by atoms with Crippen molar-refractivity contribution in [1.29, 1.82) is 0 Å². The van der Waals surface area contributed by atoms with Crippen LogP contribution in [-0.2, 0) is 9.53 Å². The Kier molecular flexibility index (Phi) is 3.64. The quantitative estimate of drug-likeness (QED) is 0.807. The molecule has 0 unspecified atom stereocenters. The maximum Gasteiger partial charge on any atom is 0.330 e. The van der Waals surface area contributed by atoms with Gasteiger partial charge in [-0.15, -0.1) is 0 Å². The summed E-state index contributed by atoms with van der Waals surface area (Å²) in [6.45, 7) is 5.02. The highest BCUT2D eigenvalue weighted by Crippen LogP contribution is 2.10. The van der Waals surface area contributed by atoms with Crippen LogP contribution in [0.15, 0.2) is 6.07 Å². The van der Waals surface area contributed by atoms with E-state index in [1.807, 2.05) is 6.92 Å². The van der Waals surface area contributed by atoms with Crippen molar-refractivity contribution in [2.75, 3.05) is 7.11 Å². The van der Waals surface area contributed by atoms with E-state index in [-0.39, 0.29) is 5.91 Å². The first kappa shape index (κ1) is 12.6. The van der Waals surface area contributed by atoms with Crippen LogP contribution < -0.4 is 5.32 Å². The smallest absolute Gasteiger partial charge is 0.330 e. The van der Waals surface area contributed by atoms with Gasteiger partial charge in [-0.25, -0.2) is 4.79 Å². The van der Waals surface area contributed by atoms with E-state index in [9.17, 15) is 9.59 Å². The predicted octanol–water partition coefficient (Wildman–Crippen LogP) is 1.13. The molecule has 1 rings (SSSR count). The highest BCUT2D eigenvalue weighted by Gasteiger charge is 2.31. The second-order valence-electron chi connectivity index (χ2n) is 3.89. The summed E-state index contributed by atoms with van der Waals surface area (Å²) >= 11 is 1.25. The van der Waals surface area contributed by atoms with Crippen LogP contribution in [0.5, 0.6) is 0 Å². The molecular weight excluding hydrogens is 228 g/mol. The summed E-state index contributed by atoms with van der Waals surface area (Å²) in [4.78, 5) is 24.0. The molecule has 0 aromatic carbocycles. The maximum atomic E-state index is 11.7. The molecule has 1 N–H and O–H groups in total. The van der Waals surface area contributed by atoms with Gasteiger partial charge in [-0.1, -0.05) is 0 Å². The molecule has 6 heteroatoms. The third-order valence-electron chi connectivity index (χ3n) is 1.98. The molecule has 16 heavy (non-hydrogen) atoms. The standard InChI is InChI=1S/C10H14N2O3S/c1-6-5-7(12-16-6)8(13)11-10(2,3)9(14)15-4/h5H,1-4H3,(H,11,13). The molecule has 0 saturated heterocycles. The number of carbonyl (C=O) groups is 2. The van der Waals surface area contributed by atoms with Gasteiger partial charge in [0.25, 0.3) is 5.91 Å². The molecule has 1 amide bonds. The van der Waals surface area contributed by atoms with Gasteiger partial charge in [-0.2, -0.15) is 4.37 Å². The lowest BCUT2D eigenvalue weighted by atomic mass is 10.1. The number of methoxy groups -OCH3 is 1. The summed E-state index contributed by atoms with van der Waals surface area (Å²) in [6, 6.07) is 1.67. The summed E-state index contributed by atoms with van der Waals surface area (Å²) in [7, 11) is 1.28. The molecule has 0 aliphatic carbocycles. The Morgan fingerprint density at radius 1 is 1.50 bits per heavy atom. The number of rotatable bonds is 3. The average molecular weight is 242 g/mol. The number of hydrogen-bond donors (Lipinski definition) is 1. The summed E-state index contributed by atoms with van der Waals surface area (Å²) in [5.74, 6) is -0.868. The number of amides is 1. The molecule has 0 spiro atoms. The Balaban J connectivity index is 2.75. The summed E-state index contributed by atoms with van der Waals surface area (Å²) in [6.07, 6.45) is 0. The van der Waals surface area contributed by atoms with Gasteiger partial charge in [0.1, 0.15) is 11.2 Å². The zero-order chi connectivity index (χ0) is 12.3. The third-order valence-corrected chi connectivity index (χ3v) is 2.68. The molecule has 0 bridgehead atoms. The van der Waals surface area contributed by atoms with Gasteiger partial charge < -0.3 is 10.1 Å². The Morgan fingerprint density at radius 2 is 2.12 bits per heavy atom. The normalized spacial score (nSPS) is 11.0. The molecule has 5 nitrogen and oxygen atoms in total. The molecule has 88 valence electrons. The van der Waals surface area contributed by atoms with Gasteiger partial charge in [0.2, 0.25) is 0 Å². The van der Waals surface area contributed by atoms with Gasteiger partial charge in [-0.05, 0) is 38.4 Å². The summed E-state index contributed by atoms with van der Waals surface area (Å²) in [5.41, 5.74) is -0.733. The van der Waals surface area contributed by atoms with Crippen LogP contribution in [-0.4, -0.2) is 28.9 Å². The van der Waals surface area contributed by atoms with Crippen molar-refractivity contribution in [3.63, 3.8) is 0 Å². The predicted molar refractivity (Wildman–Crippen MR) is 60.4 cm³/mol. The van der Waals surface area contributed by atoms with Gasteiger partial charge in [0.15, 0.2) is 0 Å². The van der Waals surface area contributed by atoms with Gasteiger partial charge in [-0.3, -0.25) is 4.79 Å². The van der Waals surface area contributed by atoms with Gasteiger partial charge in [0, 0.05) is 4.88 Å². The molecule has 0 saturated carbocycles. The maximum absolute atomic E-state index is 11.7. The molecule has 0 aliphatic heterocycles. The minimum atomic E-state index is -1.05. The first-order valence-corrected chi connectivity index (χ1v) is 5.48. The zero-order valence-corrected chi connectivity index (χ0v) is 10.5. The van der Waals surface area contributed by atoms with E-state index >= 15 is 0 Å². The Hall–Kier alpha value is -1.43. The van der Waals surface area contributed by atoms with E-state index in [4.69, 9.17) is 0 Å². The van der Waals surface area contributed by atoms with E-state index in [1.165, 1.54) is 18.6 Å². The van der Waals surface area contributed by atoms with Crippen LogP contribution in [0.1, 0.15) is 29.2 Å². The molecule has 1 heterocycles. The van der Waals surface area contributed by atoms with Crippen LogP contribution >= 0.6 is 11.5 Å². The molecular formula is C10H14N2O3S. The summed E-state index contributed by atoms with van der Waals surface area (Å²) < 4.78 is 8.55. The van der Waals surface area contributed by atoms with E-state index < -0.39 is 11.5 Å². The van der Waals surface area contributed by atoms with Crippen LogP contribution in [0.3, 0.4) is 0 Å². The second kappa shape index (κ2) is 4.61. The van der Waals surface area contributed by atoms with Crippen LogP contribution in [0.25, 0.3) is 0 Å². The van der Waals surface area contributed by atoms with Crippen molar-refractivity contribution in [3.8, 4) is 0 Å². The van der Waals surface area contributed by atoms with Crippen molar-refractivity contribution in [1.82, 2.24) is 9.69 Å². The van der Waals surface area contributed by atoms with Crippen molar-refractivity contribution in [3.05, 3.63) is 16.6 Å². The average Bonchev–Trinajstić information content (AvgIpc) is 2.63. The van der Waals surface area contributed by atoms with Crippen molar-refractivity contribution >= 4 is 23.4 Å². The Morgan fingerprint density at radius 3 is 2.56 bits per heavy atom. The van der Waals surface area contributed by atoms with Crippen LogP contribution in [0.4, 0.5) is 0 Å². The monoisotopic (exact) mass is 242 g/mol. The zero-order valence-electron chi connectivity index (χ0n) is 9.66. The summed E-state index contributed by atoms with van der Waals surface area (Å²) in [5, 5.41) is 2.57. The molecule has 0 aliphatic rings. The lowest BCUT2D eigenvalue weighted by Gasteiger charge is -2.22. The molecule has 0 fully saturated rings. The number of esters is 1. The highest BCUT2D eigenvalue weighted by molar-refractivity contribution is 7.05. The Labute approximate surface area is 98.0 Å². The first-order valence-electron chi connectivity index (χ1n) is 4.71. The Bertz CT molecular complexity index is 412. The fourth-order valence-corrected chi connectivity index (χ4v) is 1.67. The van der Waals surface area contributed by atoms with Crippen molar-refractivity contribution in [2.24, 2.45) is 0 Å².